The number of morpholine rings is 1. The van der Waals surface area contributed by atoms with Gasteiger partial charge in [-0.05, 0) is 62.7 Å². The smallest absolute Gasteiger partial charge is 0.243 e. The Morgan fingerprint density at radius 1 is 1.00 bits per heavy atom. The van der Waals surface area contributed by atoms with Gasteiger partial charge in [0.25, 0.3) is 0 Å². The first-order valence-corrected chi connectivity index (χ1v) is 13.4. The molecule has 3 heterocycles. The summed E-state index contributed by atoms with van der Waals surface area (Å²) in [6.45, 7) is 8.50. The Morgan fingerprint density at radius 3 is 2.54 bits per heavy atom. The second-order valence-corrected chi connectivity index (χ2v) is 11.0. The van der Waals surface area contributed by atoms with Gasteiger partial charge < -0.3 is 19.0 Å². The number of fused-ring (bicyclic) bond motifs is 1. The number of rotatable bonds is 7. The first-order chi connectivity index (χ1) is 16.8. The Balaban J connectivity index is 1.36. The summed E-state index contributed by atoms with van der Waals surface area (Å²) >= 11 is 0. The van der Waals surface area contributed by atoms with Crippen LogP contribution in [0.2, 0.25) is 0 Å². The normalized spacial score (nSPS) is 16.1. The van der Waals surface area contributed by atoms with Gasteiger partial charge in [-0.25, -0.2) is 8.42 Å². The van der Waals surface area contributed by atoms with Crippen molar-refractivity contribution in [3.8, 4) is 5.69 Å². The van der Waals surface area contributed by atoms with Crippen LogP contribution in [0.1, 0.15) is 35.7 Å². The molecule has 8 heteroatoms. The van der Waals surface area contributed by atoms with E-state index in [1.807, 2.05) is 37.3 Å². The maximum absolute atomic E-state index is 13.2. The SMILES string of the molecule is Cc1cc(CN[C@H](C)c2cc3ccccc3o2)c(C)n1-c1cccc(S(=O)(=O)N2CCOCC2)c1. The monoisotopic (exact) mass is 493 g/mol. The molecule has 1 saturated heterocycles. The van der Waals surface area contributed by atoms with E-state index in [1.54, 1.807) is 12.1 Å². The molecule has 2 aromatic carbocycles. The molecule has 1 atom stereocenters. The van der Waals surface area contributed by atoms with Crippen LogP contribution in [0.25, 0.3) is 16.7 Å². The average Bonchev–Trinajstić information content (AvgIpc) is 3.43. The van der Waals surface area contributed by atoms with Gasteiger partial charge in [-0.15, -0.1) is 0 Å². The van der Waals surface area contributed by atoms with Crippen LogP contribution in [0.15, 0.2) is 70.0 Å². The summed E-state index contributed by atoms with van der Waals surface area (Å²) in [5.41, 5.74) is 5.02. The maximum Gasteiger partial charge on any atom is 0.243 e. The molecule has 0 bridgehead atoms. The van der Waals surface area contributed by atoms with E-state index in [-0.39, 0.29) is 6.04 Å². The lowest BCUT2D eigenvalue weighted by Gasteiger charge is -2.26. The zero-order chi connectivity index (χ0) is 24.6. The van der Waals surface area contributed by atoms with Crippen molar-refractivity contribution >= 4 is 21.0 Å². The van der Waals surface area contributed by atoms with Crippen molar-refractivity contribution in [3.05, 3.63) is 83.4 Å². The van der Waals surface area contributed by atoms with Crippen LogP contribution in [0.3, 0.4) is 0 Å². The van der Waals surface area contributed by atoms with Crippen LogP contribution in [0.4, 0.5) is 0 Å². The molecule has 0 spiro atoms. The number of furan rings is 1. The Morgan fingerprint density at radius 2 is 1.77 bits per heavy atom. The predicted molar refractivity (Wildman–Crippen MR) is 136 cm³/mol. The van der Waals surface area contributed by atoms with E-state index in [4.69, 9.17) is 9.15 Å². The quantitative estimate of drug-likeness (QED) is 0.403. The molecular weight excluding hydrogens is 462 g/mol. The number of benzene rings is 2. The van der Waals surface area contributed by atoms with Crippen LogP contribution in [-0.4, -0.2) is 43.6 Å². The van der Waals surface area contributed by atoms with E-state index in [0.717, 1.165) is 39.4 Å². The Labute approximate surface area is 206 Å². The number of hydrogen-bond acceptors (Lipinski definition) is 5. The van der Waals surface area contributed by atoms with Crippen molar-refractivity contribution in [2.24, 2.45) is 0 Å². The van der Waals surface area contributed by atoms with Crippen molar-refractivity contribution < 1.29 is 17.6 Å². The second kappa shape index (κ2) is 9.62. The van der Waals surface area contributed by atoms with Gasteiger partial charge >= 0.3 is 0 Å². The van der Waals surface area contributed by atoms with Gasteiger partial charge in [0, 0.05) is 42.1 Å². The van der Waals surface area contributed by atoms with Gasteiger partial charge in [-0.2, -0.15) is 4.31 Å². The minimum absolute atomic E-state index is 0.0486. The van der Waals surface area contributed by atoms with Crippen molar-refractivity contribution in [2.75, 3.05) is 26.3 Å². The topological polar surface area (TPSA) is 76.7 Å². The van der Waals surface area contributed by atoms with E-state index >= 15 is 0 Å². The molecule has 0 aliphatic carbocycles. The number of hydrogen-bond donors (Lipinski definition) is 1. The van der Waals surface area contributed by atoms with Gasteiger partial charge in [-0.1, -0.05) is 24.3 Å². The molecular formula is C27H31N3O4S. The first-order valence-electron chi connectivity index (χ1n) is 11.9. The fourth-order valence-electron chi connectivity index (χ4n) is 4.70. The summed E-state index contributed by atoms with van der Waals surface area (Å²) < 4.78 is 41.3. The number of ether oxygens (including phenoxy) is 1. The molecule has 1 N–H and O–H groups in total. The lowest BCUT2D eigenvalue weighted by molar-refractivity contribution is 0.0730. The Hall–Kier alpha value is -2.91. The Bertz CT molecular complexity index is 1420. The third-order valence-electron chi connectivity index (χ3n) is 6.69. The second-order valence-electron chi connectivity index (χ2n) is 9.03. The summed E-state index contributed by atoms with van der Waals surface area (Å²) in [5.74, 6) is 0.904. The lowest BCUT2D eigenvalue weighted by atomic mass is 10.2. The molecule has 35 heavy (non-hydrogen) atoms. The molecule has 0 radical (unpaired) electrons. The highest BCUT2D eigenvalue weighted by Crippen LogP contribution is 2.27. The summed E-state index contributed by atoms with van der Waals surface area (Å²) in [6.07, 6.45) is 0. The fraction of sp³-hybridized carbons (Fsp3) is 0.333. The summed E-state index contributed by atoms with van der Waals surface area (Å²) in [5, 5.41) is 4.66. The largest absolute Gasteiger partial charge is 0.459 e. The number of para-hydroxylation sites is 1. The van der Waals surface area contributed by atoms with Crippen molar-refractivity contribution in [2.45, 2.75) is 38.3 Å². The fourth-order valence-corrected chi connectivity index (χ4v) is 6.15. The summed E-state index contributed by atoms with van der Waals surface area (Å²) in [7, 11) is -3.56. The number of nitrogens with zero attached hydrogens (tertiary/aromatic N) is 2. The minimum atomic E-state index is -3.56. The minimum Gasteiger partial charge on any atom is -0.459 e. The van der Waals surface area contributed by atoms with E-state index in [9.17, 15) is 8.42 Å². The first kappa shape index (κ1) is 23.8. The van der Waals surface area contributed by atoms with Crippen molar-refractivity contribution in [1.29, 1.82) is 0 Å². The number of aryl methyl sites for hydroxylation is 1. The molecule has 1 aliphatic heterocycles. The molecule has 4 aromatic rings. The number of nitrogens with one attached hydrogen (secondary N) is 1. The molecule has 2 aromatic heterocycles. The van der Waals surface area contributed by atoms with Gasteiger partial charge in [0.2, 0.25) is 10.0 Å². The van der Waals surface area contributed by atoms with Gasteiger partial charge in [0.05, 0.1) is 24.2 Å². The zero-order valence-electron chi connectivity index (χ0n) is 20.3. The highest BCUT2D eigenvalue weighted by Gasteiger charge is 2.27. The predicted octanol–water partition coefficient (Wildman–Crippen LogP) is 4.71. The van der Waals surface area contributed by atoms with E-state index < -0.39 is 10.0 Å². The van der Waals surface area contributed by atoms with E-state index in [2.05, 4.69) is 41.9 Å². The van der Waals surface area contributed by atoms with Crippen molar-refractivity contribution in [1.82, 2.24) is 14.2 Å². The highest BCUT2D eigenvalue weighted by molar-refractivity contribution is 7.89. The van der Waals surface area contributed by atoms with Crippen molar-refractivity contribution in [3.63, 3.8) is 0 Å². The molecule has 184 valence electrons. The standard InChI is InChI=1S/C27H31N3O4S/c1-19-15-23(18-28-20(2)27-16-22-7-4-5-10-26(22)34-27)21(3)30(19)24-8-6-9-25(17-24)35(31,32)29-11-13-33-14-12-29/h4-10,15-17,20,28H,11-14,18H2,1-3H3/t20-/m1/s1. The van der Waals surface area contributed by atoms with Crippen LogP contribution >= 0.6 is 0 Å². The number of aromatic nitrogens is 1. The van der Waals surface area contributed by atoms with Crippen LogP contribution in [0.5, 0.6) is 0 Å². The highest BCUT2D eigenvalue weighted by atomic mass is 32.2. The molecule has 7 nitrogen and oxygen atoms in total. The Kier molecular flexibility index (Phi) is 6.55. The summed E-state index contributed by atoms with van der Waals surface area (Å²) in [4.78, 5) is 0.308. The maximum atomic E-state index is 13.2. The van der Waals surface area contributed by atoms with Crippen LogP contribution in [0, 0.1) is 13.8 Å². The van der Waals surface area contributed by atoms with Gasteiger partial charge in [-0.3, -0.25) is 0 Å². The molecule has 0 amide bonds. The van der Waals surface area contributed by atoms with E-state index in [1.165, 1.54) is 4.31 Å². The zero-order valence-corrected chi connectivity index (χ0v) is 21.1. The van der Waals surface area contributed by atoms with Gasteiger partial charge in [0.15, 0.2) is 0 Å². The van der Waals surface area contributed by atoms with E-state index in [0.29, 0.717) is 37.7 Å². The molecule has 5 rings (SSSR count). The molecule has 0 saturated carbocycles. The average molecular weight is 494 g/mol. The third-order valence-corrected chi connectivity index (χ3v) is 8.58. The molecule has 1 fully saturated rings. The number of sulfonamides is 1. The van der Waals surface area contributed by atoms with Gasteiger partial charge in [0.1, 0.15) is 11.3 Å². The summed E-state index contributed by atoms with van der Waals surface area (Å²) in [6, 6.07) is 19.5. The third kappa shape index (κ3) is 4.67. The molecule has 0 unspecified atom stereocenters. The van der Waals surface area contributed by atoms with Crippen LogP contribution in [-0.2, 0) is 21.3 Å². The lowest BCUT2D eigenvalue weighted by Crippen LogP contribution is -2.40. The van der Waals surface area contributed by atoms with Crippen LogP contribution < -0.4 is 5.32 Å². The molecule has 1 aliphatic rings.